The van der Waals surface area contributed by atoms with Crippen LogP contribution in [0.15, 0.2) is 41.4 Å². The van der Waals surface area contributed by atoms with Gasteiger partial charge in [0.2, 0.25) is 5.91 Å². The fourth-order valence-corrected chi connectivity index (χ4v) is 3.79. The summed E-state index contributed by atoms with van der Waals surface area (Å²) in [5.41, 5.74) is 0.931. The molecule has 2 aromatic rings. The predicted octanol–water partition coefficient (Wildman–Crippen LogP) is 3.13. The van der Waals surface area contributed by atoms with Gasteiger partial charge < -0.3 is 9.64 Å². The van der Waals surface area contributed by atoms with Crippen LogP contribution >= 0.6 is 11.8 Å². The topological polar surface area (TPSA) is 59.5 Å². The largest absolute Gasteiger partial charge is 0.466 e. The number of carbonyl (C=O) groups excluding carboxylic acids is 2. The van der Waals surface area contributed by atoms with Crippen molar-refractivity contribution >= 4 is 34.5 Å². The Kier molecular flexibility index (Phi) is 5.91. The third-order valence-electron chi connectivity index (χ3n) is 4.31. The molecule has 0 radical (unpaired) electrons. The monoisotopic (exact) mass is 358 g/mol. The third kappa shape index (κ3) is 4.51. The summed E-state index contributed by atoms with van der Waals surface area (Å²) in [4.78, 5) is 30.7. The first kappa shape index (κ1) is 17.7. The maximum Gasteiger partial charge on any atom is 0.310 e. The van der Waals surface area contributed by atoms with E-state index in [2.05, 4.69) is 4.98 Å². The zero-order chi connectivity index (χ0) is 17.6. The highest BCUT2D eigenvalue weighted by Gasteiger charge is 2.29. The Morgan fingerprint density at radius 3 is 2.96 bits per heavy atom. The summed E-state index contributed by atoms with van der Waals surface area (Å²) in [6.45, 7) is 3.35. The molecule has 0 unspecified atom stereocenters. The summed E-state index contributed by atoms with van der Waals surface area (Å²) in [6, 6.07) is 11.9. The number of fused-ring (bicyclic) bond motifs is 1. The van der Waals surface area contributed by atoms with Crippen molar-refractivity contribution < 1.29 is 14.3 Å². The highest BCUT2D eigenvalue weighted by atomic mass is 32.2. The molecule has 0 bridgehead atoms. The summed E-state index contributed by atoms with van der Waals surface area (Å²) >= 11 is 1.44. The summed E-state index contributed by atoms with van der Waals surface area (Å²) in [7, 11) is 0. The first-order valence-corrected chi connectivity index (χ1v) is 9.59. The quantitative estimate of drug-likeness (QED) is 0.607. The van der Waals surface area contributed by atoms with E-state index in [-0.39, 0.29) is 17.8 Å². The molecule has 1 atom stereocenters. The molecule has 1 aromatic carbocycles. The van der Waals surface area contributed by atoms with Crippen molar-refractivity contribution in [1.82, 2.24) is 9.88 Å². The van der Waals surface area contributed by atoms with Gasteiger partial charge in [-0.3, -0.25) is 9.59 Å². The zero-order valence-corrected chi connectivity index (χ0v) is 15.1. The number of para-hydroxylation sites is 1. The van der Waals surface area contributed by atoms with Crippen molar-refractivity contribution in [3.63, 3.8) is 0 Å². The van der Waals surface area contributed by atoms with Gasteiger partial charge in [-0.15, -0.1) is 0 Å². The maximum atomic E-state index is 12.5. The number of pyridine rings is 1. The SMILES string of the molecule is CCOC(=O)[C@H]1CCCN(C(=O)CSc2ccc3ccccc3n2)C1. The molecule has 2 heterocycles. The van der Waals surface area contributed by atoms with E-state index in [1.807, 2.05) is 36.4 Å². The molecule has 132 valence electrons. The van der Waals surface area contributed by atoms with Crippen LogP contribution in [0.5, 0.6) is 0 Å². The summed E-state index contributed by atoms with van der Waals surface area (Å²) < 4.78 is 5.09. The second-order valence-corrected chi connectivity index (χ2v) is 7.06. The maximum absolute atomic E-state index is 12.5. The Morgan fingerprint density at radius 2 is 2.12 bits per heavy atom. The smallest absolute Gasteiger partial charge is 0.310 e. The van der Waals surface area contributed by atoms with Gasteiger partial charge in [0.1, 0.15) is 0 Å². The van der Waals surface area contributed by atoms with Gasteiger partial charge in [0, 0.05) is 18.5 Å². The van der Waals surface area contributed by atoms with Crippen LogP contribution < -0.4 is 0 Å². The Morgan fingerprint density at radius 1 is 1.28 bits per heavy atom. The van der Waals surface area contributed by atoms with E-state index in [1.54, 1.807) is 11.8 Å². The molecule has 1 aliphatic rings. The van der Waals surface area contributed by atoms with E-state index in [9.17, 15) is 9.59 Å². The molecule has 6 heteroatoms. The fraction of sp³-hybridized carbons (Fsp3) is 0.421. The first-order valence-electron chi connectivity index (χ1n) is 8.60. The van der Waals surface area contributed by atoms with E-state index in [0.717, 1.165) is 28.8 Å². The van der Waals surface area contributed by atoms with Crippen LogP contribution in [0.4, 0.5) is 0 Å². The van der Waals surface area contributed by atoms with Crippen LogP contribution in [0.2, 0.25) is 0 Å². The highest BCUT2D eigenvalue weighted by Crippen LogP contribution is 2.22. The lowest BCUT2D eigenvalue weighted by molar-refractivity contribution is -0.151. The molecule has 0 spiro atoms. The van der Waals surface area contributed by atoms with Crippen LogP contribution in [0.3, 0.4) is 0 Å². The van der Waals surface area contributed by atoms with Crippen LogP contribution in [0, 0.1) is 5.92 Å². The Hall–Kier alpha value is -2.08. The van der Waals surface area contributed by atoms with Crippen molar-refractivity contribution in [1.29, 1.82) is 0 Å². The van der Waals surface area contributed by atoms with Gasteiger partial charge in [-0.05, 0) is 31.9 Å². The molecule has 25 heavy (non-hydrogen) atoms. The van der Waals surface area contributed by atoms with E-state index in [0.29, 0.717) is 25.4 Å². The lowest BCUT2D eigenvalue weighted by Gasteiger charge is -2.31. The number of piperidine rings is 1. The summed E-state index contributed by atoms with van der Waals surface area (Å²) in [5, 5.41) is 1.93. The minimum Gasteiger partial charge on any atom is -0.466 e. The van der Waals surface area contributed by atoms with E-state index < -0.39 is 0 Å². The number of esters is 1. The number of likely N-dealkylation sites (tertiary alicyclic amines) is 1. The number of carbonyl (C=O) groups is 2. The Balaban J connectivity index is 1.56. The van der Waals surface area contributed by atoms with Crippen molar-refractivity contribution in [3.05, 3.63) is 36.4 Å². The van der Waals surface area contributed by atoms with Gasteiger partial charge in [-0.25, -0.2) is 4.98 Å². The lowest BCUT2D eigenvalue weighted by atomic mass is 9.98. The van der Waals surface area contributed by atoms with Crippen molar-refractivity contribution in [3.8, 4) is 0 Å². The lowest BCUT2D eigenvalue weighted by Crippen LogP contribution is -2.43. The summed E-state index contributed by atoms with van der Waals surface area (Å²) in [6.07, 6.45) is 1.64. The molecule has 1 fully saturated rings. The van der Waals surface area contributed by atoms with Gasteiger partial charge in [0.05, 0.1) is 28.8 Å². The third-order valence-corrected chi connectivity index (χ3v) is 5.22. The van der Waals surface area contributed by atoms with Gasteiger partial charge in [-0.2, -0.15) is 0 Å². The van der Waals surface area contributed by atoms with Crippen molar-refractivity contribution in [2.24, 2.45) is 5.92 Å². The Labute approximate surface area is 151 Å². The predicted molar refractivity (Wildman–Crippen MR) is 98.4 cm³/mol. The molecule has 1 amide bonds. The average molecular weight is 358 g/mol. The Bertz CT molecular complexity index is 765. The number of aromatic nitrogens is 1. The molecule has 0 saturated carbocycles. The molecule has 1 aliphatic heterocycles. The van der Waals surface area contributed by atoms with E-state index in [1.165, 1.54) is 11.8 Å². The number of thioether (sulfide) groups is 1. The second kappa shape index (κ2) is 8.34. The van der Waals surface area contributed by atoms with Crippen molar-refractivity contribution in [2.45, 2.75) is 24.8 Å². The van der Waals surface area contributed by atoms with Crippen molar-refractivity contribution in [2.75, 3.05) is 25.4 Å². The van der Waals surface area contributed by atoms with Gasteiger partial charge >= 0.3 is 5.97 Å². The van der Waals surface area contributed by atoms with Crippen LogP contribution in [-0.4, -0.2) is 47.2 Å². The fourth-order valence-electron chi connectivity index (χ4n) is 3.01. The molecule has 5 nitrogen and oxygen atoms in total. The molecule has 1 aromatic heterocycles. The standard InChI is InChI=1S/C19H22N2O3S/c1-2-24-19(23)15-7-5-11-21(12-15)18(22)13-25-17-10-9-14-6-3-4-8-16(14)20-17/h3-4,6,8-10,15H,2,5,7,11-13H2,1H3/t15-/m0/s1. The zero-order valence-electron chi connectivity index (χ0n) is 14.3. The van der Waals surface area contributed by atoms with Gasteiger partial charge in [-0.1, -0.05) is 36.0 Å². The van der Waals surface area contributed by atoms with E-state index >= 15 is 0 Å². The number of rotatable bonds is 5. The molecule has 1 saturated heterocycles. The van der Waals surface area contributed by atoms with Gasteiger partial charge in [0.15, 0.2) is 0 Å². The molecule has 0 N–H and O–H groups in total. The number of benzene rings is 1. The average Bonchev–Trinajstić information content (AvgIpc) is 2.66. The highest BCUT2D eigenvalue weighted by molar-refractivity contribution is 7.99. The van der Waals surface area contributed by atoms with Crippen LogP contribution in [0.1, 0.15) is 19.8 Å². The number of hydrogen-bond acceptors (Lipinski definition) is 5. The van der Waals surface area contributed by atoms with Gasteiger partial charge in [0.25, 0.3) is 0 Å². The minimum absolute atomic E-state index is 0.0500. The number of hydrogen-bond donors (Lipinski definition) is 0. The van der Waals surface area contributed by atoms with E-state index in [4.69, 9.17) is 4.74 Å². The summed E-state index contributed by atoms with van der Waals surface area (Å²) in [5.74, 6) is 0.000184. The molecule has 3 rings (SSSR count). The van der Waals surface area contributed by atoms with Crippen LogP contribution in [-0.2, 0) is 14.3 Å². The number of nitrogens with zero attached hydrogens (tertiary/aromatic N) is 2. The van der Waals surface area contributed by atoms with Crippen LogP contribution in [0.25, 0.3) is 10.9 Å². The minimum atomic E-state index is -0.193. The number of ether oxygens (including phenoxy) is 1. The molecular formula is C19H22N2O3S. The second-order valence-electron chi connectivity index (χ2n) is 6.06. The first-order chi connectivity index (χ1) is 12.2. The normalized spacial score (nSPS) is 17.5. The molecular weight excluding hydrogens is 336 g/mol. The number of amides is 1. The molecule has 0 aliphatic carbocycles.